The van der Waals surface area contributed by atoms with Gasteiger partial charge in [-0.1, -0.05) is 13.3 Å². The summed E-state index contributed by atoms with van der Waals surface area (Å²) < 4.78 is 0. The molecule has 5 heteroatoms. The first-order chi connectivity index (χ1) is 8.27. The Morgan fingerprint density at radius 1 is 1.53 bits per heavy atom. The maximum Gasteiger partial charge on any atom is 0.206 e. The van der Waals surface area contributed by atoms with E-state index in [1.165, 1.54) is 5.56 Å². The van der Waals surface area contributed by atoms with Crippen LogP contribution >= 0.6 is 0 Å². The van der Waals surface area contributed by atoms with Crippen molar-refractivity contribution in [3.8, 4) is 0 Å². The average Bonchev–Trinajstić information content (AvgIpc) is 2.35. The van der Waals surface area contributed by atoms with Crippen LogP contribution in [-0.4, -0.2) is 17.5 Å². The predicted octanol–water partition coefficient (Wildman–Crippen LogP) is 1.10. The average molecular weight is 235 g/mol. The zero-order chi connectivity index (χ0) is 12.5. The fraction of sp³-hybridized carbons (Fsp3) is 0.500. The standard InChI is InChI=1S/C12H21N5/c1-3-4-6-15-12(17-13)16-9-11-8-14-7-5-10(11)2/h5,7-8H,3-4,6,9,13H2,1-2H3,(H2,15,16,17). The molecule has 0 saturated carbocycles. The second kappa shape index (κ2) is 7.62. The lowest BCUT2D eigenvalue weighted by atomic mass is 10.2. The monoisotopic (exact) mass is 235 g/mol. The number of rotatable bonds is 5. The van der Waals surface area contributed by atoms with E-state index >= 15 is 0 Å². The van der Waals surface area contributed by atoms with Gasteiger partial charge < -0.3 is 5.32 Å². The molecule has 0 atom stereocenters. The fourth-order valence-corrected chi connectivity index (χ4v) is 1.36. The summed E-state index contributed by atoms with van der Waals surface area (Å²) >= 11 is 0. The van der Waals surface area contributed by atoms with E-state index in [0.29, 0.717) is 12.5 Å². The molecule has 1 aromatic heterocycles. The zero-order valence-electron chi connectivity index (χ0n) is 10.5. The van der Waals surface area contributed by atoms with Gasteiger partial charge in [-0.15, -0.1) is 0 Å². The summed E-state index contributed by atoms with van der Waals surface area (Å²) in [4.78, 5) is 8.46. The molecule has 0 fully saturated rings. The summed E-state index contributed by atoms with van der Waals surface area (Å²) in [5, 5.41) is 3.15. The van der Waals surface area contributed by atoms with Gasteiger partial charge in [-0.25, -0.2) is 10.8 Å². The molecular formula is C12H21N5. The molecule has 1 rings (SSSR count). The van der Waals surface area contributed by atoms with Crippen LogP contribution in [-0.2, 0) is 6.54 Å². The number of aryl methyl sites for hydroxylation is 1. The minimum Gasteiger partial charge on any atom is -0.355 e. The normalized spacial score (nSPS) is 11.4. The highest BCUT2D eigenvalue weighted by molar-refractivity contribution is 5.79. The third-order valence-electron chi connectivity index (χ3n) is 2.51. The molecule has 5 nitrogen and oxygen atoms in total. The minimum absolute atomic E-state index is 0.582. The summed E-state index contributed by atoms with van der Waals surface area (Å²) in [5.74, 6) is 6.02. The molecular weight excluding hydrogens is 214 g/mol. The van der Waals surface area contributed by atoms with Gasteiger partial charge in [-0.2, -0.15) is 0 Å². The quantitative estimate of drug-likeness (QED) is 0.235. The van der Waals surface area contributed by atoms with Crippen LogP contribution in [0.5, 0.6) is 0 Å². The van der Waals surface area contributed by atoms with Crippen molar-refractivity contribution in [3.63, 3.8) is 0 Å². The molecule has 0 aliphatic heterocycles. The number of aromatic nitrogens is 1. The topological polar surface area (TPSA) is 75.3 Å². The van der Waals surface area contributed by atoms with Crippen molar-refractivity contribution in [3.05, 3.63) is 29.6 Å². The first kappa shape index (κ1) is 13.4. The highest BCUT2D eigenvalue weighted by atomic mass is 15.3. The first-order valence-electron chi connectivity index (χ1n) is 5.92. The van der Waals surface area contributed by atoms with Crippen LogP contribution in [0.25, 0.3) is 0 Å². The molecule has 0 aliphatic carbocycles. The lowest BCUT2D eigenvalue weighted by molar-refractivity contribution is 0.731. The summed E-state index contributed by atoms with van der Waals surface area (Å²) in [5.41, 5.74) is 4.87. The van der Waals surface area contributed by atoms with Crippen molar-refractivity contribution < 1.29 is 0 Å². The largest absolute Gasteiger partial charge is 0.355 e. The van der Waals surface area contributed by atoms with E-state index < -0.39 is 0 Å². The van der Waals surface area contributed by atoms with Crippen molar-refractivity contribution in [2.24, 2.45) is 10.8 Å². The molecule has 0 radical (unpaired) electrons. The van der Waals surface area contributed by atoms with Gasteiger partial charge in [0.1, 0.15) is 0 Å². The number of hydrogen-bond acceptors (Lipinski definition) is 3. The van der Waals surface area contributed by atoms with Crippen LogP contribution in [0.4, 0.5) is 0 Å². The Labute approximate surface area is 103 Å². The molecule has 4 N–H and O–H groups in total. The fourth-order valence-electron chi connectivity index (χ4n) is 1.36. The van der Waals surface area contributed by atoms with Gasteiger partial charge in [0.15, 0.2) is 0 Å². The Bertz CT molecular complexity index is 362. The van der Waals surface area contributed by atoms with Crippen molar-refractivity contribution >= 4 is 5.96 Å². The lowest BCUT2D eigenvalue weighted by Crippen LogP contribution is -2.42. The van der Waals surface area contributed by atoms with Gasteiger partial charge in [0, 0.05) is 18.9 Å². The third-order valence-corrected chi connectivity index (χ3v) is 2.51. The lowest BCUT2D eigenvalue weighted by Gasteiger charge is -2.08. The number of nitrogens with two attached hydrogens (primary N) is 1. The third kappa shape index (κ3) is 4.82. The summed E-state index contributed by atoms with van der Waals surface area (Å²) in [7, 11) is 0. The molecule has 0 amide bonds. The van der Waals surface area contributed by atoms with Crippen molar-refractivity contribution in [2.75, 3.05) is 6.54 Å². The molecule has 0 unspecified atom stereocenters. The number of hydrogen-bond donors (Lipinski definition) is 3. The van der Waals surface area contributed by atoms with Gasteiger partial charge in [0.25, 0.3) is 0 Å². The Morgan fingerprint density at radius 3 is 3.00 bits per heavy atom. The van der Waals surface area contributed by atoms with Gasteiger partial charge in [-0.05, 0) is 30.5 Å². The maximum absolute atomic E-state index is 5.40. The van der Waals surface area contributed by atoms with Gasteiger partial charge in [-0.3, -0.25) is 10.4 Å². The number of aliphatic imine (C=N–C) groups is 1. The molecule has 0 aromatic carbocycles. The number of hydrazine groups is 1. The summed E-state index contributed by atoms with van der Waals surface area (Å²) in [6.07, 6.45) is 5.86. The second-order valence-corrected chi connectivity index (χ2v) is 3.89. The minimum atomic E-state index is 0.582. The highest BCUT2D eigenvalue weighted by Gasteiger charge is 1.98. The Hall–Kier alpha value is -1.62. The van der Waals surface area contributed by atoms with E-state index in [0.717, 1.165) is 24.9 Å². The van der Waals surface area contributed by atoms with Crippen LogP contribution in [0.15, 0.2) is 23.5 Å². The number of pyridine rings is 1. The molecule has 17 heavy (non-hydrogen) atoms. The molecule has 0 aliphatic rings. The smallest absolute Gasteiger partial charge is 0.206 e. The van der Waals surface area contributed by atoms with E-state index in [4.69, 9.17) is 5.84 Å². The van der Waals surface area contributed by atoms with Gasteiger partial charge in [0.05, 0.1) is 6.54 Å². The SMILES string of the molecule is CCCCNC(=NCc1cnccc1C)NN. The van der Waals surface area contributed by atoms with E-state index in [9.17, 15) is 0 Å². The number of nitrogens with one attached hydrogen (secondary N) is 2. The number of guanidine groups is 1. The molecule has 0 bridgehead atoms. The van der Waals surface area contributed by atoms with Crippen LogP contribution in [0, 0.1) is 6.92 Å². The Balaban J connectivity index is 2.52. The Kier molecular flexibility index (Phi) is 6.03. The second-order valence-electron chi connectivity index (χ2n) is 3.89. The molecule has 1 aromatic rings. The number of nitrogens with zero attached hydrogens (tertiary/aromatic N) is 2. The predicted molar refractivity (Wildman–Crippen MR) is 70.3 cm³/mol. The molecule has 0 saturated heterocycles. The van der Waals surface area contributed by atoms with Crippen molar-refractivity contribution in [2.45, 2.75) is 33.2 Å². The molecule has 94 valence electrons. The van der Waals surface area contributed by atoms with Crippen LogP contribution in [0.1, 0.15) is 30.9 Å². The molecule has 1 heterocycles. The Morgan fingerprint density at radius 2 is 2.35 bits per heavy atom. The first-order valence-corrected chi connectivity index (χ1v) is 5.92. The highest BCUT2D eigenvalue weighted by Crippen LogP contribution is 2.05. The number of unbranched alkanes of at least 4 members (excludes halogenated alkanes) is 1. The summed E-state index contributed by atoms with van der Waals surface area (Å²) in [6, 6.07) is 1.98. The van der Waals surface area contributed by atoms with E-state index in [-0.39, 0.29) is 0 Å². The van der Waals surface area contributed by atoms with E-state index in [1.807, 2.05) is 19.2 Å². The van der Waals surface area contributed by atoms with E-state index in [2.05, 4.69) is 27.6 Å². The van der Waals surface area contributed by atoms with Gasteiger partial charge >= 0.3 is 0 Å². The molecule has 0 spiro atoms. The summed E-state index contributed by atoms with van der Waals surface area (Å²) in [6.45, 7) is 5.66. The van der Waals surface area contributed by atoms with Crippen molar-refractivity contribution in [1.29, 1.82) is 0 Å². The van der Waals surface area contributed by atoms with Crippen LogP contribution in [0.2, 0.25) is 0 Å². The van der Waals surface area contributed by atoms with Gasteiger partial charge in [0.2, 0.25) is 5.96 Å². The zero-order valence-corrected chi connectivity index (χ0v) is 10.5. The van der Waals surface area contributed by atoms with E-state index in [1.54, 1.807) is 6.20 Å². The maximum atomic E-state index is 5.40. The van der Waals surface area contributed by atoms with Crippen molar-refractivity contribution in [1.82, 2.24) is 15.7 Å². The van der Waals surface area contributed by atoms with Crippen LogP contribution < -0.4 is 16.6 Å². The van der Waals surface area contributed by atoms with Crippen LogP contribution in [0.3, 0.4) is 0 Å².